The number of hydrogen-bond acceptors (Lipinski definition) is 5. The fraction of sp³-hybridized carbons (Fsp3) is 0.294. The number of para-hydroxylation sites is 1. The van der Waals surface area contributed by atoms with Crippen LogP contribution in [0.25, 0.3) is 11.0 Å². The molecule has 1 aromatic carbocycles. The highest BCUT2D eigenvalue weighted by Crippen LogP contribution is 2.33. The summed E-state index contributed by atoms with van der Waals surface area (Å²) in [6.45, 7) is 0.525. The summed E-state index contributed by atoms with van der Waals surface area (Å²) in [5.41, 5.74) is 1.87. The van der Waals surface area contributed by atoms with E-state index in [-0.39, 0.29) is 18.1 Å². The first-order valence-corrected chi connectivity index (χ1v) is 7.80. The van der Waals surface area contributed by atoms with E-state index in [9.17, 15) is 4.79 Å². The van der Waals surface area contributed by atoms with Gasteiger partial charge in [0.25, 0.3) is 5.91 Å². The van der Waals surface area contributed by atoms with Gasteiger partial charge in [-0.25, -0.2) is 4.98 Å². The van der Waals surface area contributed by atoms with Crippen molar-refractivity contribution in [2.24, 2.45) is 0 Å². The van der Waals surface area contributed by atoms with E-state index in [4.69, 9.17) is 4.74 Å². The molecule has 24 heavy (non-hydrogen) atoms. The normalized spacial score (nSPS) is 20.6. The van der Waals surface area contributed by atoms with Gasteiger partial charge in [0.15, 0.2) is 0 Å². The molecule has 122 valence electrons. The van der Waals surface area contributed by atoms with Crippen LogP contribution in [-0.4, -0.2) is 50.5 Å². The lowest BCUT2D eigenvalue weighted by atomic mass is 10.1. The number of ether oxygens (including phenoxy) is 1. The van der Waals surface area contributed by atoms with Crippen molar-refractivity contribution in [3.8, 4) is 0 Å². The standard InChI is InChI=1S/C17H17N5O2/c1-24-11-9-14(16-20-7-8-21-16)22(10-11)17(23)12-3-2-4-13-15(12)19-6-5-18-13/h2-8,11,14H,9-10H2,1H3,(H,20,21)/t11-,14?/m1/s1. The minimum absolute atomic E-state index is 0.00916. The van der Waals surface area contributed by atoms with E-state index >= 15 is 0 Å². The molecule has 2 aromatic heterocycles. The number of nitrogens with zero attached hydrogens (tertiary/aromatic N) is 4. The van der Waals surface area contributed by atoms with Gasteiger partial charge in [-0.15, -0.1) is 0 Å². The molecule has 7 heteroatoms. The van der Waals surface area contributed by atoms with Crippen LogP contribution >= 0.6 is 0 Å². The van der Waals surface area contributed by atoms with Crippen molar-refractivity contribution in [3.63, 3.8) is 0 Å². The molecule has 0 aliphatic carbocycles. The molecule has 1 fully saturated rings. The van der Waals surface area contributed by atoms with E-state index in [2.05, 4.69) is 19.9 Å². The lowest BCUT2D eigenvalue weighted by Gasteiger charge is -2.23. The Kier molecular flexibility index (Phi) is 3.70. The quantitative estimate of drug-likeness (QED) is 0.796. The maximum atomic E-state index is 13.2. The molecular formula is C17H17N5O2. The third-order valence-electron chi connectivity index (χ3n) is 4.42. The van der Waals surface area contributed by atoms with Crippen molar-refractivity contribution < 1.29 is 9.53 Å². The lowest BCUT2D eigenvalue weighted by molar-refractivity contribution is 0.0686. The van der Waals surface area contributed by atoms with Crippen molar-refractivity contribution >= 4 is 16.9 Å². The Bertz CT molecular complexity index is 859. The van der Waals surface area contributed by atoms with Gasteiger partial charge in [0.1, 0.15) is 11.3 Å². The topological polar surface area (TPSA) is 84.0 Å². The number of hydrogen-bond donors (Lipinski definition) is 1. The Morgan fingerprint density at radius 2 is 2.12 bits per heavy atom. The van der Waals surface area contributed by atoms with Crippen molar-refractivity contribution in [3.05, 3.63) is 54.4 Å². The molecule has 1 saturated heterocycles. The van der Waals surface area contributed by atoms with Gasteiger partial charge in [-0.05, 0) is 12.1 Å². The maximum Gasteiger partial charge on any atom is 0.256 e. The number of nitrogens with one attached hydrogen (secondary N) is 1. The Balaban J connectivity index is 1.74. The molecule has 3 heterocycles. The predicted molar refractivity (Wildman–Crippen MR) is 87.3 cm³/mol. The fourth-order valence-electron chi connectivity index (χ4n) is 3.23. The Morgan fingerprint density at radius 3 is 2.92 bits per heavy atom. The van der Waals surface area contributed by atoms with Crippen LogP contribution in [-0.2, 0) is 4.74 Å². The number of rotatable bonds is 3. The second-order valence-electron chi connectivity index (χ2n) is 5.77. The molecule has 1 amide bonds. The third kappa shape index (κ3) is 2.43. The summed E-state index contributed by atoms with van der Waals surface area (Å²) in [6, 6.07) is 5.34. The highest BCUT2D eigenvalue weighted by Gasteiger charge is 2.38. The summed E-state index contributed by atoms with van der Waals surface area (Å²) in [5, 5.41) is 0. The first-order valence-electron chi connectivity index (χ1n) is 7.80. The average molecular weight is 323 g/mol. The van der Waals surface area contributed by atoms with Gasteiger partial charge < -0.3 is 14.6 Å². The average Bonchev–Trinajstić information content (AvgIpc) is 3.29. The zero-order valence-corrected chi connectivity index (χ0v) is 13.2. The summed E-state index contributed by atoms with van der Waals surface area (Å²) >= 11 is 0. The number of aromatic amines is 1. The molecule has 0 saturated carbocycles. The fourth-order valence-corrected chi connectivity index (χ4v) is 3.23. The number of carbonyl (C=O) groups excluding carboxylic acids is 1. The zero-order chi connectivity index (χ0) is 16.5. The second kappa shape index (κ2) is 6.01. The number of imidazole rings is 1. The molecule has 2 atom stereocenters. The first kappa shape index (κ1) is 14.8. The van der Waals surface area contributed by atoms with Crippen LogP contribution in [0.3, 0.4) is 0 Å². The van der Waals surface area contributed by atoms with E-state index in [1.54, 1.807) is 42.9 Å². The molecule has 1 unspecified atom stereocenters. The smallest absolute Gasteiger partial charge is 0.256 e. The molecule has 7 nitrogen and oxygen atoms in total. The van der Waals surface area contributed by atoms with E-state index in [0.717, 1.165) is 5.82 Å². The number of fused-ring (bicyclic) bond motifs is 1. The van der Waals surface area contributed by atoms with Crippen LogP contribution in [0.4, 0.5) is 0 Å². The van der Waals surface area contributed by atoms with Crippen molar-refractivity contribution in [1.29, 1.82) is 0 Å². The largest absolute Gasteiger partial charge is 0.380 e. The molecule has 4 rings (SSSR count). The first-order chi connectivity index (χ1) is 11.8. The molecule has 1 N–H and O–H groups in total. The van der Waals surface area contributed by atoms with Crippen LogP contribution in [0.15, 0.2) is 43.0 Å². The highest BCUT2D eigenvalue weighted by molar-refractivity contribution is 6.04. The SMILES string of the molecule is CO[C@@H]1CC(c2ncc[nH]2)N(C(=O)c2cccc3nccnc23)C1. The monoisotopic (exact) mass is 323 g/mol. The number of benzene rings is 1. The van der Waals surface area contributed by atoms with Crippen LogP contribution < -0.4 is 0 Å². The molecule has 1 aliphatic heterocycles. The van der Waals surface area contributed by atoms with E-state index in [1.165, 1.54) is 0 Å². The van der Waals surface area contributed by atoms with Gasteiger partial charge in [-0.3, -0.25) is 14.8 Å². The summed E-state index contributed by atoms with van der Waals surface area (Å²) in [4.78, 5) is 31.0. The number of carbonyl (C=O) groups is 1. The van der Waals surface area contributed by atoms with Crippen LogP contribution in [0.5, 0.6) is 0 Å². The summed E-state index contributed by atoms with van der Waals surface area (Å²) in [5.74, 6) is 0.691. The second-order valence-corrected chi connectivity index (χ2v) is 5.77. The number of likely N-dealkylation sites (tertiary alicyclic amines) is 1. The van der Waals surface area contributed by atoms with E-state index in [0.29, 0.717) is 29.6 Å². The van der Waals surface area contributed by atoms with Crippen LogP contribution in [0, 0.1) is 0 Å². The van der Waals surface area contributed by atoms with Crippen LogP contribution in [0.2, 0.25) is 0 Å². The van der Waals surface area contributed by atoms with Crippen molar-refractivity contribution in [2.75, 3.05) is 13.7 Å². The molecular weight excluding hydrogens is 306 g/mol. The predicted octanol–water partition coefficient (Wildman–Crippen LogP) is 1.96. The molecule has 0 radical (unpaired) electrons. The zero-order valence-electron chi connectivity index (χ0n) is 13.2. The van der Waals surface area contributed by atoms with Gasteiger partial charge in [-0.2, -0.15) is 0 Å². The summed E-state index contributed by atoms with van der Waals surface area (Å²) < 4.78 is 5.48. The van der Waals surface area contributed by atoms with Gasteiger partial charge in [0.2, 0.25) is 0 Å². The van der Waals surface area contributed by atoms with Crippen molar-refractivity contribution in [1.82, 2.24) is 24.8 Å². The summed E-state index contributed by atoms with van der Waals surface area (Å²) in [6.07, 6.45) is 7.39. The van der Waals surface area contributed by atoms with Gasteiger partial charge in [0, 0.05) is 44.9 Å². The minimum Gasteiger partial charge on any atom is -0.380 e. The third-order valence-corrected chi connectivity index (χ3v) is 4.42. The summed E-state index contributed by atoms with van der Waals surface area (Å²) in [7, 11) is 1.67. The highest BCUT2D eigenvalue weighted by atomic mass is 16.5. The molecule has 1 aliphatic rings. The molecule has 3 aromatic rings. The Hall–Kier alpha value is -2.80. The van der Waals surface area contributed by atoms with E-state index in [1.807, 2.05) is 12.1 Å². The molecule has 0 bridgehead atoms. The Morgan fingerprint density at radius 1 is 1.25 bits per heavy atom. The van der Waals surface area contributed by atoms with Gasteiger partial charge in [-0.1, -0.05) is 6.07 Å². The number of methoxy groups -OCH3 is 1. The lowest BCUT2D eigenvalue weighted by Crippen LogP contribution is -2.32. The molecule has 0 spiro atoms. The van der Waals surface area contributed by atoms with E-state index < -0.39 is 0 Å². The minimum atomic E-state index is -0.135. The van der Waals surface area contributed by atoms with Gasteiger partial charge in [0.05, 0.1) is 23.2 Å². The number of H-pyrrole nitrogens is 1. The van der Waals surface area contributed by atoms with Crippen LogP contribution in [0.1, 0.15) is 28.6 Å². The van der Waals surface area contributed by atoms with Gasteiger partial charge >= 0.3 is 0 Å². The Labute approximate surface area is 138 Å². The van der Waals surface area contributed by atoms with Crippen molar-refractivity contribution in [2.45, 2.75) is 18.6 Å². The number of amides is 1. The maximum absolute atomic E-state index is 13.2. The number of aromatic nitrogens is 4.